The van der Waals surface area contributed by atoms with Crippen molar-refractivity contribution in [1.82, 2.24) is 10.2 Å². The molecule has 0 saturated carbocycles. The maximum absolute atomic E-state index is 12.2. The number of carbonyl (C=O) groups is 1. The van der Waals surface area contributed by atoms with E-state index in [-0.39, 0.29) is 12.2 Å². The van der Waals surface area contributed by atoms with Crippen LogP contribution in [-0.4, -0.2) is 44.5 Å². The average molecular weight is 414 g/mol. The smallest absolute Gasteiger partial charge is 0.261 e. The van der Waals surface area contributed by atoms with Crippen LogP contribution in [0.5, 0.6) is 5.75 Å². The van der Waals surface area contributed by atoms with Gasteiger partial charge >= 0.3 is 0 Å². The van der Waals surface area contributed by atoms with E-state index in [2.05, 4.69) is 11.6 Å². The summed E-state index contributed by atoms with van der Waals surface area (Å²) in [7, 11) is -3.73. The third-order valence-corrected chi connectivity index (χ3v) is 5.24. The molecule has 1 rings (SSSR count). The summed E-state index contributed by atoms with van der Waals surface area (Å²) in [5, 5.41) is 8.79. The van der Waals surface area contributed by atoms with E-state index in [0.717, 1.165) is 24.2 Å². The summed E-state index contributed by atoms with van der Waals surface area (Å²) in [5.74, 6) is -0.299. The normalized spacial score (nSPS) is 12.8. The van der Waals surface area contributed by atoms with Gasteiger partial charge in [-0.2, -0.15) is 0 Å². The van der Waals surface area contributed by atoms with Crippen LogP contribution in [0.3, 0.4) is 0 Å². The second-order valence-electron chi connectivity index (χ2n) is 6.39. The number of amides is 1. The highest BCUT2D eigenvalue weighted by Gasteiger charge is 2.23. The largest absolute Gasteiger partial charge is 0.494 e. The van der Waals surface area contributed by atoms with Gasteiger partial charge in [0.15, 0.2) is 0 Å². The number of unbranched alkanes of at least 4 members (excludes halogenated alkanes) is 2. The Kier molecular flexibility index (Phi) is 11.4. The van der Waals surface area contributed by atoms with Gasteiger partial charge in [0.1, 0.15) is 11.8 Å². The number of nitrogens with two attached hydrogens (primary N) is 1. The van der Waals surface area contributed by atoms with Crippen molar-refractivity contribution in [2.24, 2.45) is 5.73 Å². The first-order valence-electron chi connectivity index (χ1n) is 9.45. The summed E-state index contributed by atoms with van der Waals surface area (Å²) in [6.07, 6.45) is 6.74. The summed E-state index contributed by atoms with van der Waals surface area (Å²) >= 11 is 0. The van der Waals surface area contributed by atoms with E-state index >= 15 is 0 Å². The van der Waals surface area contributed by atoms with Crippen molar-refractivity contribution >= 4 is 22.0 Å². The first kappa shape index (κ1) is 24.1. The minimum Gasteiger partial charge on any atom is -0.494 e. The van der Waals surface area contributed by atoms with E-state index in [9.17, 15) is 13.2 Å². The van der Waals surface area contributed by atoms with Gasteiger partial charge in [-0.05, 0) is 43.5 Å². The summed E-state index contributed by atoms with van der Waals surface area (Å²) in [6, 6.07) is 6.32. The summed E-state index contributed by atoms with van der Waals surface area (Å²) < 4.78 is 32.3. The number of hydrogen-bond acceptors (Lipinski definition) is 6. The van der Waals surface area contributed by atoms with Gasteiger partial charge in [0.05, 0.1) is 12.4 Å². The number of hydroxylamine groups is 1. The van der Waals surface area contributed by atoms with Gasteiger partial charge in [0, 0.05) is 0 Å². The molecule has 1 unspecified atom stereocenters. The first-order chi connectivity index (χ1) is 13.4. The van der Waals surface area contributed by atoms with Crippen molar-refractivity contribution in [1.29, 1.82) is 0 Å². The maximum atomic E-state index is 12.2. The number of ether oxygens (including phenoxy) is 1. The zero-order valence-corrected chi connectivity index (χ0v) is 17.1. The lowest BCUT2D eigenvalue weighted by Gasteiger charge is -2.16. The molecule has 5 N–H and O–H groups in total. The molecule has 9 heteroatoms. The van der Waals surface area contributed by atoms with Crippen LogP contribution in [0.4, 0.5) is 0 Å². The summed E-state index contributed by atoms with van der Waals surface area (Å²) in [4.78, 5) is 11.7. The van der Waals surface area contributed by atoms with Gasteiger partial charge in [0.25, 0.3) is 5.91 Å². The van der Waals surface area contributed by atoms with Gasteiger partial charge < -0.3 is 10.5 Å². The lowest BCUT2D eigenvalue weighted by atomic mass is 10.1. The van der Waals surface area contributed by atoms with Crippen molar-refractivity contribution in [3.8, 4) is 5.75 Å². The zero-order valence-electron chi connectivity index (χ0n) is 16.3. The van der Waals surface area contributed by atoms with Crippen LogP contribution in [0.2, 0.25) is 0 Å². The monoisotopic (exact) mass is 413 g/mol. The molecule has 158 valence electrons. The molecule has 0 fully saturated rings. The van der Waals surface area contributed by atoms with Crippen LogP contribution < -0.4 is 20.7 Å². The van der Waals surface area contributed by atoms with Gasteiger partial charge in [-0.3, -0.25) is 10.0 Å². The Morgan fingerprint density at radius 1 is 1.25 bits per heavy atom. The third kappa shape index (κ3) is 9.84. The molecule has 0 spiro atoms. The molecule has 0 aliphatic carbocycles. The van der Waals surface area contributed by atoms with E-state index in [1.807, 2.05) is 24.3 Å². The van der Waals surface area contributed by atoms with Crippen molar-refractivity contribution in [3.63, 3.8) is 0 Å². The molecule has 0 saturated heterocycles. The molecule has 0 aliphatic heterocycles. The quantitative estimate of drug-likeness (QED) is 0.209. The van der Waals surface area contributed by atoms with Crippen molar-refractivity contribution in [2.45, 2.75) is 45.1 Å². The number of rotatable bonds is 14. The van der Waals surface area contributed by atoms with E-state index in [4.69, 9.17) is 15.7 Å². The molecule has 0 aromatic heterocycles. The molecule has 0 heterocycles. The fourth-order valence-electron chi connectivity index (χ4n) is 2.40. The summed E-state index contributed by atoms with van der Waals surface area (Å²) in [6.45, 7) is 3.22. The van der Waals surface area contributed by atoms with E-state index < -0.39 is 22.0 Å². The van der Waals surface area contributed by atoms with Crippen molar-refractivity contribution in [3.05, 3.63) is 35.9 Å². The lowest BCUT2D eigenvalue weighted by molar-refractivity contribution is -0.131. The summed E-state index contributed by atoms with van der Waals surface area (Å²) in [5.41, 5.74) is 7.74. The van der Waals surface area contributed by atoms with Crippen LogP contribution in [-0.2, 0) is 14.8 Å². The standard InChI is InChI=1S/C19H31N3O5S/c1-2-3-14-27-17-11-9-16(10-12-17)7-6-15-28(25,26)22-18(19(23)21-24)8-4-5-13-20/h6-7,9-12,18,22,24H,2-5,8,13-15,20H2,1H3,(H,21,23). The van der Waals surface area contributed by atoms with E-state index in [1.165, 1.54) is 11.6 Å². The Morgan fingerprint density at radius 3 is 2.57 bits per heavy atom. The molecule has 1 atom stereocenters. The SMILES string of the molecule is CCCCOc1ccc(C=CCS(=O)(=O)NC(CCCCN)C(=O)NO)cc1. The van der Waals surface area contributed by atoms with Gasteiger partial charge in [-0.1, -0.05) is 44.1 Å². The topological polar surface area (TPSA) is 131 Å². The van der Waals surface area contributed by atoms with Crippen molar-refractivity contribution in [2.75, 3.05) is 18.9 Å². The molecule has 1 amide bonds. The Morgan fingerprint density at radius 2 is 1.96 bits per heavy atom. The van der Waals surface area contributed by atoms with Crippen molar-refractivity contribution < 1.29 is 23.2 Å². The predicted octanol–water partition coefficient (Wildman–Crippen LogP) is 1.80. The molecule has 0 bridgehead atoms. The molecule has 1 aromatic carbocycles. The molecule has 0 radical (unpaired) electrons. The van der Waals surface area contributed by atoms with Crippen LogP contribution in [0.25, 0.3) is 6.08 Å². The Balaban J connectivity index is 2.58. The average Bonchev–Trinajstić information content (AvgIpc) is 2.68. The van der Waals surface area contributed by atoms with E-state index in [1.54, 1.807) is 6.08 Å². The van der Waals surface area contributed by atoms with Gasteiger partial charge in [-0.15, -0.1) is 0 Å². The fraction of sp³-hybridized carbons (Fsp3) is 0.526. The van der Waals surface area contributed by atoms with Crippen LogP contribution >= 0.6 is 0 Å². The molecule has 8 nitrogen and oxygen atoms in total. The van der Waals surface area contributed by atoms with Gasteiger partial charge in [-0.25, -0.2) is 18.6 Å². The lowest BCUT2D eigenvalue weighted by Crippen LogP contribution is -2.46. The Bertz CT molecular complexity index is 705. The Labute approximate surface area is 167 Å². The maximum Gasteiger partial charge on any atom is 0.261 e. The first-order valence-corrected chi connectivity index (χ1v) is 11.1. The Hall–Kier alpha value is -1.94. The second kappa shape index (κ2) is 13.3. The predicted molar refractivity (Wildman–Crippen MR) is 109 cm³/mol. The minimum absolute atomic E-state index is 0.256. The van der Waals surface area contributed by atoms with E-state index in [0.29, 0.717) is 26.0 Å². The number of benzene rings is 1. The third-order valence-electron chi connectivity index (χ3n) is 3.97. The van der Waals surface area contributed by atoms with Gasteiger partial charge in [0.2, 0.25) is 10.0 Å². The van der Waals surface area contributed by atoms with Crippen LogP contribution in [0.1, 0.15) is 44.6 Å². The number of nitrogens with one attached hydrogen (secondary N) is 2. The highest BCUT2D eigenvalue weighted by molar-refractivity contribution is 7.89. The molecule has 0 aliphatic rings. The van der Waals surface area contributed by atoms with Crippen LogP contribution in [0, 0.1) is 0 Å². The molecular formula is C19H31N3O5S. The number of sulfonamides is 1. The highest BCUT2D eigenvalue weighted by atomic mass is 32.2. The second-order valence-corrected chi connectivity index (χ2v) is 8.18. The zero-order chi connectivity index (χ0) is 20.8. The molecule has 28 heavy (non-hydrogen) atoms. The number of hydrogen-bond donors (Lipinski definition) is 4. The minimum atomic E-state index is -3.73. The van der Waals surface area contributed by atoms with Crippen LogP contribution in [0.15, 0.2) is 30.3 Å². The fourth-order valence-corrected chi connectivity index (χ4v) is 3.50. The number of carbonyl (C=O) groups excluding carboxylic acids is 1. The molecular weight excluding hydrogens is 382 g/mol. The highest BCUT2D eigenvalue weighted by Crippen LogP contribution is 2.14. The molecule has 1 aromatic rings.